The fourth-order valence-electron chi connectivity index (χ4n) is 1.89. The van der Waals surface area contributed by atoms with E-state index in [4.69, 9.17) is 9.84 Å². The third-order valence-electron chi connectivity index (χ3n) is 3.12. The summed E-state index contributed by atoms with van der Waals surface area (Å²) in [5.74, 6) is -1.02. The second-order valence-corrected chi connectivity index (χ2v) is 4.85. The molecule has 22 heavy (non-hydrogen) atoms. The molecule has 0 aliphatic rings. The van der Waals surface area contributed by atoms with Crippen molar-refractivity contribution in [2.24, 2.45) is 0 Å². The van der Waals surface area contributed by atoms with E-state index in [1.807, 2.05) is 25.1 Å². The molecule has 0 saturated carbocycles. The number of benzene rings is 1. The number of nitrogens with zero attached hydrogens (tertiary/aromatic N) is 2. The van der Waals surface area contributed by atoms with Crippen molar-refractivity contribution < 1.29 is 19.4 Å². The van der Waals surface area contributed by atoms with Crippen molar-refractivity contribution >= 4 is 11.9 Å². The number of hydrogen-bond acceptors (Lipinski definition) is 4. The number of aryl methyl sites for hydroxylation is 1. The number of amides is 1. The van der Waals surface area contributed by atoms with Crippen LogP contribution in [0.1, 0.15) is 23.0 Å². The molecule has 0 spiro atoms. The van der Waals surface area contributed by atoms with Gasteiger partial charge in [0.15, 0.2) is 5.69 Å². The van der Waals surface area contributed by atoms with Crippen LogP contribution in [0, 0.1) is 6.92 Å². The molecular formula is C15H17N3O4. The minimum absolute atomic E-state index is 0.136. The highest BCUT2D eigenvalue weighted by molar-refractivity contribution is 5.94. The van der Waals surface area contributed by atoms with Gasteiger partial charge in [-0.1, -0.05) is 6.07 Å². The summed E-state index contributed by atoms with van der Waals surface area (Å²) in [4.78, 5) is 22.7. The van der Waals surface area contributed by atoms with Crippen LogP contribution in [0.3, 0.4) is 0 Å². The van der Waals surface area contributed by atoms with Gasteiger partial charge in [-0.2, -0.15) is 5.10 Å². The minimum Gasteiger partial charge on any atom is -0.494 e. The molecule has 0 unspecified atom stereocenters. The first kappa shape index (κ1) is 15.6. The van der Waals surface area contributed by atoms with E-state index in [1.165, 1.54) is 17.7 Å². The number of carbonyl (C=O) groups is 2. The number of nitrogens with one attached hydrogen (secondary N) is 1. The quantitative estimate of drug-likeness (QED) is 0.870. The van der Waals surface area contributed by atoms with Crippen molar-refractivity contribution in [3.63, 3.8) is 0 Å². The van der Waals surface area contributed by atoms with E-state index in [2.05, 4.69) is 10.4 Å². The van der Waals surface area contributed by atoms with Crippen molar-refractivity contribution in [2.75, 3.05) is 7.11 Å². The van der Waals surface area contributed by atoms with Crippen LogP contribution in [-0.4, -0.2) is 39.9 Å². The molecule has 1 amide bonds. The van der Waals surface area contributed by atoms with Gasteiger partial charge in [0.1, 0.15) is 17.5 Å². The molecule has 0 radical (unpaired) electrons. The maximum atomic E-state index is 11.9. The summed E-state index contributed by atoms with van der Waals surface area (Å²) in [6, 6.07) is 6.15. The Balaban J connectivity index is 2.27. The largest absolute Gasteiger partial charge is 0.494 e. The van der Waals surface area contributed by atoms with Gasteiger partial charge in [-0.25, -0.2) is 4.68 Å². The third kappa shape index (κ3) is 3.25. The summed E-state index contributed by atoms with van der Waals surface area (Å²) in [7, 11) is 1.56. The molecular weight excluding hydrogens is 286 g/mol. The molecule has 0 aliphatic heterocycles. The Morgan fingerprint density at radius 3 is 2.73 bits per heavy atom. The first-order chi connectivity index (χ1) is 10.4. The number of carboxylic acids is 1. The van der Waals surface area contributed by atoms with Crippen LogP contribution in [0.4, 0.5) is 0 Å². The molecule has 2 aromatic rings. The first-order valence-electron chi connectivity index (χ1n) is 6.66. The number of hydrogen-bond donors (Lipinski definition) is 2. The summed E-state index contributed by atoms with van der Waals surface area (Å²) >= 11 is 0. The van der Waals surface area contributed by atoms with Crippen LogP contribution in [0.15, 0.2) is 30.5 Å². The number of ether oxygens (including phenoxy) is 1. The highest BCUT2D eigenvalue weighted by Gasteiger charge is 2.18. The van der Waals surface area contributed by atoms with E-state index in [0.717, 1.165) is 5.56 Å². The zero-order chi connectivity index (χ0) is 16.3. The molecule has 0 fully saturated rings. The summed E-state index contributed by atoms with van der Waals surface area (Å²) in [6.45, 7) is 3.33. The van der Waals surface area contributed by atoms with E-state index in [0.29, 0.717) is 11.4 Å². The topological polar surface area (TPSA) is 93.5 Å². The predicted molar refractivity (Wildman–Crippen MR) is 79.4 cm³/mol. The molecule has 2 rings (SSSR count). The van der Waals surface area contributed by atoms with E-state index < -0.39 is 17.9 Å². The number of carboxylic acid groups (broad SMARTS) is 1. The zero-order valence-corrected chi connectivity index (χ0v) is 12.5. The second-order valence-electron chi connectivity index (χ2n) is 4.85. The third-order valence-corrected chi connectivity index (χ3v) is 3.12. The maximum absolute atomic E-state index is 11.9. The predicted octanol–water partition coefficient (Wildman–Crippen LogP) is 1.39. The molecule has 116 valence electrons. The minimum atomic E-state index is -1.10. The van der Waals surface area contributed by atoms with Crippen LogP contribution < -0.4 is 10.1 Å². The first-order valence-corrected chi connectivity index (χ1v) is 6.66. The number of rotatable bonds is 5. The van der Waals surface area contributed by atoms with Gasteiger partial charge in [0.25, 0.3) is 5.91 Å². The Hall–Kier alpha value is -2.83. The van der Waals surface area contributed by atoms with Gasteiger partial charge in [-0.3, -0.25) is 9.59 Å². The fourth-order valence-corrected chi connectivity index (χ4v) is 1.89. The Kier molecular flexibility index (Phi) is 4.45. The summed E-state index contributed by atoms with van der Waals surface area (Å²) in [6.07, 6.45) is 1.62. The molecule has 1 aromatic heterocycles. The molecule has 1 atom stereocenters. The van der Waals surface area contributed by atoms with Gasteiger partial charge >= 0.3 is 5.97 Å². The van der Waals surface area contributed by atoms with Gasteiger partial charge in [0, 0.05) is 6.20 Å². The monoisotopic (exact) mass is 303 g/mol. The van der Waals surface area contributed by atoms with E-state index in [1.54, 1.807) is 13.3 Å². The van der Waals surface area contributed by atoms with Crippen molar-refractivity contribution in [1.29, 1.82) is 0 Å². The maximum Gasteiger partial charge on any atom is 0.325 e. The van der Waals surface area contributed by atoms with Crippen LogP contribution in [0.25, 0.3) is 5.69 Å². The Labute approximate surface area is 127 Å². The highest BCUT2D eigenvalue weighted by Crippen LogP contribution is 2.23. The second kappa shape index (κ2) is 6.30. The van der Waals surface area contributed by atoms with Crippen LogP contribution in [-0.2, 0) is 4.79 Å². The highest BCUT2D eigenvalue weighted by atomic mass is 16.5. The van der Waals surface area contributed by atoms with Crippen molar-refractivity contribution in [2.45, 2.75) is 19.9 Å². The van der Waals surface area contributed by atoms with Crippen molar-refractivity contribution in [1.82, 2.24) is 15.1 Å². The standard InChI is InChI=1S/C15H17N3O4/c1-9-4-5-13(22-3)12(8-9)18-7-6-11(17-18)14(19)16-10(2)15(20)21/h4-8,10H,1-3H3,(H,16,19)(H,20,21)/t10-/m0/s1. The Bertz CT molecular complexity index is 709. The average Bonchev–Trinajstić information content (AvgIpc) is 2.96. The molecule has 2 N–H and O–H groups in total. The summed E-state index contributed by atoms with van der Waals surface area (Å²) < 4.78 is 6.80. The summed E-state index contributed by atoms with van der Waals surface area (Å²) in [5, 5.41) is 15.3. The smallest absolute Gasteiger partial charge is 0.325 e. The van der Waals surface area contributed by atoms with E-state index in [-0.39, 0.29) is 5.69 Å². The molecule has 1 heterocycles. The van der Waals surface area contributed by atoms with E-state index >= 15 is 0 Å². The lowest BCUT2D eigenvalue weighted by atomic mass is 10.2. The molecule has 0 saturated heterocycles. The number of carbonyl (C=O) groups excluding carboxylic acids is 1. The Morgan fingerprint density at radius 2 is 2.09 bits per heavy atom. The normalized spacial score (nSPS) is 11.8. The Morgan fingerprint density at radius 1 is 1.36 bits per heavy atom. The number of methoxy groups -OCH3 is 1. The van der Waals surface area contributed by atoms with Gasteiger partial charge < -0.3 is 15.2 Å². The summed E-state index contributed by atoms with van der Waals surface area (Å²) in [5.41, 5.74) is 1.86. The lowest BCUT2D eigenvalue weighted by Gasteiger charge is -2.09. The van der Waals surface area contributed by atoms with Crippen molar-refractivity contribution in [3.05, 3.63) is 41.7 Å². The van der Waals surface area contributed by atoms with Gasteiger partial charge in [0.2, 0.25) is 0 Å². The number of aliphatic carboxylic acids is 1. The average molecular weight is 303 g/mol. The van der Waals surface area contributed by atoms with Crippen molar-refractivity contribution in [3.8, 4) is 11.4 Å². The molecule has 0 bridgehead atoms. The molecule has 7 heteroatoms. The van der Waals surface area contributed by atoms with Gasteiger partial charge in [-0.05, 0) is 37.6 Å². The van der Waals surface area contributed by atoms with Gasteiger partial charge in [0.05, 0.1) is 7.11 Å². The van der Waals surface area contributed by atoms with Gasteiger partial charge in [-0.15, -0.1) is 0 Å². The molecule has 7 nitrogen and oxygen atoms in total. The van der Waals surface area contributed by atoms with Crippen LogP contribution >= 0.6 is 0 Å². The lowest BCUT2D eigenvalue weighted by Crippen LogP contribution is -2.38. The molecule has 0 aliphatic carbocycles. The fraction of sp³-hybridized carbons (Fsp3) is 0.267. The molecule has 1 aromatic carbocycles. The van der Waals surface area contributed by atoms with Crippen LogP contribution in [0.2, 0.25) is 0 Å². The lowest BCUT2D eigenvalue weighted by molar-refractivity contribution is -0.138. The number of aromatic nitrogens is 2. The SMILES string of the molecule is COc1ccc(C)cc1-n1ccc(C(=O)N[C@@H](C)C(=O)O)n1. The van der Waals surface area contributed by atoms with Crippen LogP contribution in [0.5, 0.6) is 5.75 Å². The zero-order valence-electron chi connectivity index (χ0n) is 12.5. The van der Waals surface area contributed by atoms with E-state index in [9.17, 15) is 9.59 Å².